The molecule has 1 aliphatic heterocycles. The van der Waals surface area contributed by atoms with E-state index in [0.717, 1.165) is 10.0 Å². The molecule has 1 atom stereocenters. The van der Waals surface area contributed by atoms with Gasteiger partial charge in [0.1, 0.15) is 0 Å². The molecule has 7 heteroatoms. The van der Waals surface area contributed by atoms with E-state index in [1.165, 1.54) is 7.11 Å². The Morgan fingerprint density at radius 2 is 1.87 bits per heavy atom. The van der Waals surface area contributed by atoms with Gasteiger partial charge >= 0.3 is 13.1 Å². The van der Waals surface area contributed by atoms with Gasteiger partial charge in [0.05, 0.1) is 24.7 Å². The van der Waals surface area contributed by atoms with Crippen molar-refractivity contribution >= 4 is 40.6 Å². The average molecular weight is 404 g/mol. The van der Waals surface area contributed by atoms with Crippen molar-refractivity contribution in [1.29, 1.82) is 0 Å². The Labute approximate surface area is 151 Å². The van der Waals surface area contributed by atoms with E-state index >= 15 is 0 Å². The second kappa shape index (κ2) is 6.75. The average Bonchev–Trinajstić information content (AvgIpc) is 2.65. The number of hydrogen-bond donors (Lipinski definition) is 0. The second-order valence-corrected chi connectivity index (χ2v) is 7.97. The minimum Gasteiger partial charge on any atom is -0.469 e. The van der Waals surface area contributed by atoms with Gasteiger partial charge in [-0.05, 0) is 45.4 Å². The highest BCUT2D eigenvalue weighted by molar-refractivity contribution is 9.10. The molecule has 0 radical (unpaired) electrons. The minimum atomic E-state index is -0.545. The van der Waals surface area contributed by atoms with Gasteiger partial charge in [0.15, 0.2) is 0 Å². The van der Waals surface area contributed by atoms with Crippen molar-refractivity contribution < 1.29 is 18.8 Å². The summed E-state index contributed by atoms with van der Waals surface area (Å²) in [5.41, 5.74) is -0.0334. The first-order valence-electron chi connectivity index (χ1n) is 7.45. The molecule has 2 rings (SSSR count). The largest absolute Gasteiger partial charge is 0.469 e. The molecule has 0 spiro atoms. The Kier molecular flexibility index (Phi) is 5.51. The summed E-state index contributed by atoms with van der Waals surface area (Å²) < 4.78 is 17.9. The molecule has 1 heterocycles. The van der Waals surface area contributed by atoms with Crippen LogP contribution in [-0.4, -0.2) is 31.4 Å². The van der Waals surface area contributed by atoms with E-state index in [-0.39, 0.29) is 18.2 Å². The number of benzene rings is 1. The fourth-order valence-corrected chi connectivity index (χ4v) is 3.45. The zero-order chi connectivity index (χ0) is 17.4. The van der Waals surface area contributed by atoms with Crippen LogP contribution in [0, 0.1) is 0 Å². The summed E-state index contributed by atoms with van der Waals surface area (Å²) >= 11 is 9.54. The fraction of sp³-hybridized carbons (Fsp3) is 0.562. The topological polar surface area (TPSA) is 44.8 Å². The smallest absolute Gasteiger partial charge is 0.466 e. The molecule has 0 saturated carbocycles. The molecule has 1 unspecified atom stereocenters. The van der Waals surface area contributed by atoms with Crippen LogP contribution < -0.4 is 0 Å². The van der Waals surface area contributed by atoms with Crippen molar-refractivity contribution in [1.82, 2.24) is 0 Å². The van der Waals surface area contributed by atoms with Gasteiger partial charge in [-0.25, -0.2) is 0 Å². The van der Waals surface area contributed by atoms with Gasteiger partial charge in [-0.3, -0.25) is 4.79 Å². The molecule has 0 bridgehead atoms. The third-order valence-electron chi connectivity index (χ3n) is 4.58. The van der Waals surface area contributed by atoms with Gasteiger partial charge in [-0.2, -0.15) is 0 Å². The first-order valence-corrected chi connectivity index (χ1v) is 8.62. The molecule has 1 saturated heterocycles. The number of halogens is 2. The van der Waals surface area contributed by atoms with E-state index < -0.39 is 18.3 Å². The zero-order valence-electron chi connectivity index (χ0n) is 14.0. The van der Waals surface area contributed by atoms with Crippen LogP contribution in [0.25, 0.3) is 0 Å². The Balaban J connectivity index is 2.38. The molecular weight excluding hydrogens is 382 g/mol. The normalized spacial score (nSPS) is 20.4. The van der Waals surface area contributed by atoms with Crippen LogP contribution in [0.4, 0.5) is 0 Å². The van der Waals surface area contributed by atoms with Crippen molar-refractivity contribution in [3.63, 3.8) is 0 Å². The molecule has 1 fully saturated rings. The molecule has 4 nitrogen and oxygen atoms in total. The van der Waals surface area contributed by atoms with Gasteiger partial charge in [0.2, 0.25) is 0 Å². The maximum Gasteiger partial charge on any atom is 0.466 e. The lowest BCUT2D eigenvalue weighted by molar-refractivity contribution is -0.140. The first-order chi connectivity index (χ1) is 10.6. The number of hydrogen-bond acceptors (Lipinski definition) is 4. The summed E-state index contributed by atoms with van der Waals surface area (Å²) in [7, 11) is 0.831. The summed E-state index contributed by atoms with van der Waals surface area (Å²) in [4.78, 5) is 11.9. The van der Waals surface area contributed by atoms with E-state index in [4.69, 9.17) is 25.6 Å². The third kappa shape index (κ3) is 3.93. The summed E-state index contributed by atoms with van der Waals surface area (Å²) in [6.45, 7) is 7.94. The van der Waals surface area contributed by atoms with Crippen molar-refractivity contribution in [3.05, 3.63) is 33.3 Å². The standard InChI is InChI=1S/C16H21BBrClO4/c1-15(2)16(3,4)23-17(22-15)12(9-14(20)21-5)11-7-6-10(19)8-13(11)18/h6-8,12H,9H2,1-5H3. The minimum absolute atomic E-state index is 0.160. The number of esters is 1. The molecule has 23 heavy (non-hydrogen) atoms. The SMILES string of the molecule is COC(=O)CC(B1OC(C)(C)C(C)(C)O1)c1ccc(Cl)cc1Br. The van der Waals surface area contributed by atoms with Crippen LogP contribution in [0.5, 0.6) is 0 Å². The fourth-order valence-electron chi connectivity index (χ4n) is 2.47. The van der Waals surface area contributed by atoms with Crippen molar-refractivity contribution in [2.24, 2.45) is 0 Å². The highest BCUT2D eigenvalue weighted by Crippen LogP contribution is 2.43. The monoisotopic (exact) mass is 402 g/mol. The number of carbonyl (C=O) groups is 1. The van der Waals surface area contributed by atoms with Crippen LogP contribution in [-0.2, 0) is 18.8 Å². The van der Waals surface area contributed by atoms with Crippen LogP contribution >= 0.6 is 27.5 Å². The maximum atomic E-state index is 11.9. The first kappa shape index (κ1) is 18.8. The number of rotatable bonds is 4. The van der Waals surface area contributed by atoms with Crippen molar-refractivity contribution in [2.75, 3.05) is 7.11 Å². The Morgan fingerprint density at radius 1 is 1.30 bits per heavy atom. The molecular formula is C16H21BBrClO4. The molecule has 0 N–H and O–H groups in total. The van der Waals surface area contributed by atoms with Gasteiger partial charge in [-0.15, -0.1) is 0 Å². The predicted octanol–water partition coefficient (Wildman–Crippen LogP) is 4.38. The molecule has 1 aliphatic rings. The van der Waals surface area contributed by atoms with Gasteiger partial charge < -0.3 is 14.0 Å². The molecule has 126 valence electrons. The lowest BCUT2D eigenvalue weighted by atomic mass is 9.66. The van der Waals surface area contributed by atoms with E-state index in [1.54, 1.807) is 12.1 Å². The third-order valence-corrected chi connectivity index (χ3v) is 5.50. The molecule has 1 aromatic rings. The lowest BCUT2D eigenvalue weighted by Crippen LogP contribution is -2.41. The van der Waals surface area contributed by atoms with E-state index in [1.807, 2.05) is 33.8 Å². The van der Waals surface area contributed by atoms with Crippen LogP contribution in [0.15, 0.2) is 22.7 Å². The lowest BCUT2D eigenvalue weighted by Gasteiger charge is -2.32. The highest BCUT2D eigenvalue weighted by Gasteiger charge is 2.54. The molecule has 0 amide bonds. The Hall–Kier alpha value is -0.555. The second-order valence-electron chi connectivity index (χ2n) is 6.68. The van der Waals surface area contributed by atoms with Gasteiger partial charge in [-0.1, -0.05) is 33.6 Å². The van der Waals surface area contributed by atoms with Crippen molar-refractivity contribution in [2.45, 2.75) is 51.1 Å². The molecule has 0 aromatic heterocycles. The Bertz CT molecular complexity index is 590. The number of methoxy groups -OCH3 is 1. The maximum absolute atomic E-state index is 11.9. The van der Waals surface area contributed by atoms with Crippen molar-refractivity contribution in [3.8, 4) is 0 Å². The summed E-state index contributed by atoms with van der Waals surface area (Å²) in [5, 5.41) is 0.617. The summed E-state index contributed by atoms with van der Waals surface area (Å²) in [6, 6.07) is 5.47. The molecule has 1 aromatic carbocycles. The summed E-state index contributed by atoms with van der Waals surface area (Å²) in [5.74, 6) is -0.610. The highest BCUT2D eigenvalue weighted by atomic mass is 79.9. The predicted molar refractivity (Wildman–Crippen MR) is 94.6 cm³/mol. The van der Waals surface area contributed by atoms with Gasteiger partial charge in [0.25, 0.3) is 0 Å². The van der Waals surface area contributed by atoms with E-state index in [2.05, 4.69) is 15.9 Å². The van der Waals surface area contributed by atoms with E-state index in [9.17, 15) is 4.79 Å². The number of carbonyl (C=O) groups excluding carboxylic acids is 1. The van der Waals surface area contributed by atoms with E-state index in [0.29, 0.717) is 5.02 Å². The van der Waals surface area contributed by atoms with Crippen LogP contribution in [0.2, 0.25) is 5.02 Å². The molecule has 0 aliphatic carbocycles. The quantitative estimate of drug-likeness (QED) is 0.553. The van der Waals surface area contributed by atoms with Crippen LogP contribution in [0.3, 0.4) is 0 Å². The zero-order valence-corrected chi connectivity index (χ0v) is 16.3. The summed E-state index contributed by atoms with van der Waals surface area (Å²) in [6.07, 6.45) is 0.160. The number of ether oxygens (including phenoxy) is 1. The van der Waals surface area contributed by atoms with Gasteiger partial charge in [0, 0.05) is 15.3 Å². The van der Waals surface area contributed by atoms with Crippen LogP contribution in [0.1, 0.15) is 45.5 Å². The Morgan fingerprint density at radius 3 is 2.35 bits per heavy atom.